The van der Waals surface area contributed by atoms with Gasteiger partial charge in [0.25, 0.3) is 0 Å². The predicted octanol–water partition coefficient (Wildman–Crippen LogP) is 3.70. The van der Waals surface area contributed by atoms with E-state index in [1.807, 2.05) is 12.1 Å². The molecule has 92 valence electrons. The Balaban J connectivity index is 1.94. The van der Waals surface area contributed by atoms with E-state index < -0.39 is 0 Å². The molecule has 0 saturated heterocycles. The van der Waals surface area contributed by atoms with Crippen LogP contribution in [0.25, 0.3) is 0 Å². The van der Waals surface area contributed by atoms with Crippen molar-refractivity contribution in [2.24, 2.45) is 0 Å². The molecular weight excluding hydrogens is 335 g/mol. The largest absolute Gasteiger partial charge is 0.398 e. The molecule has 0 spiro atoms. The fourth-order valence-corrected chi connectivity index (χ4v) is 2.91. The zero-order valence-corrected chi connectivity index (χ0v) is 12.4. The standard InChI is InChI=1S/C15H15IN2/c1-10-5-6-12(7-14(10)16)18-8-11-3-2-4-15(17)13(11)9-18/h2-7H,8-9,17H2,1H3. The summed E-state index contributed by atoms with van der Waals surface area (Å²) in [7, 11) is 0. The van der Waals surface area contributed by atoms with E-state index in [2.05, 4.69) is 58.7 Å². The molecule has 2 N–H and O–H groups in total. The molecule has 2 nitrogen and oxygen atoms in total. The van der Waals surface area contributed by atoms with Crippen molar-refractivity contribution >= 4 is 34.0 Å². The molecule has 0 atom stereocenters. The third kappa shape index (κ3) is 1.96. The summed E-state index contributed by atoms with van der Waals surface area (Å²) in [5.74, 6) is 0. The van der Waals surface area contributed by atoms with Gasteiger partial charge in [0.05, 0.1) is 0 Å². The van der Waals surface area contributed by atoms with E-state index in [0.29, 0.717) is 0 Å². The Morgan fingerprint density at radius 2 is 2.00 bits per heavy atom. The Morgan fingerprint density at radius 3 is 2.72 bits per heavy atom. The molecule has 18 heavy (non-hydrogen) atoms. The monoisotopic (exact) mass is 350 g/mol. The molecule has 1 aliphatic heterocycles. The highest BCUT2D eigenvalue weighted by Crippen LogP contribution is 2.32. The molecule has 3 rings (SSSR count). The van der Waals surface area contributed by atoms with Crippen molar-refractivity contribution in [2.75, 3.05) is 10.6 Å². The summed E-state index contributed by atoms with van der Waals surface area (Å²) in [6.45, 7) is 4.02. The smallest absolute Gasteiger partial charge is 0.0457 e. The second kappa shape index (κ2) is 4.46. The van der Waals surface area contributed by atoms with Crippen molar-refractivity contribution in [3.8, 4) is 0 Å². The van der Waals surface area contributed by atoms with Gasteiger partial charge >= 0.3 is 0 Å². The average molecular weight is 350 g/mol. The second-order valence-corrected chi connectivity index (χ2v) is 5.94. The summed E-state index contributed by atoms with van der Waals surface area (Å²) < 4.78 is 1.31. The van der Waals surface area contributed by atoms with Gasteiger partial charge in [-0.25, -0.2) is 0 Å². The maximum atomic E-state index is 6.04. The minimum atomic E-state index is 0.914. The molecule has 1 heterocycles. The molecule has 0 fully saturated rings. The highest BCUT2D eigenvalue weighted by Gasteiger charge is 2.21. The molecule has 0 unspecified atom stereocenters. The topological polar surface area (TPSA) is 29.3 Å². The van der Waals surface area contributed by atoms with Gasteiger partial charge in [-0.1, -0.05) is 18.2 Å². The number of anilines is 2. The minimum absolute atomic E-state index is 0.914. The van der Waals surface area contributed by atoms with E-state index in [1.165, 1.54) is 25.9 Å². The van der Waals surface area contributed by atoms with E-state index in [9.17, 15) is 0 Å². The van der Waals surface area contributed by atoms with E-state index in [-0.39, 0.29) is 0 Å². The SMILES string of the molecule is Cc1ccc(N2Cc3cccc(N)c3C2)cc1I. The van der Waals surface area contributed by atoms with Gasteiger partial charge in [-0.15, -0.1) is 0 Å². The van der Waals surface area contributed by atoms with Crippen molar-refractivity contribution < 1.29 is 0 Å². The van der Waals surface area contributed by atoms with E-state index >= 15 is 0 Å². The molecule has 0 aliphatic carbocycles. The summed E-state index contributed by atoms with van der Waals surface area (Å²) in [4.78, 5) is 2.38. The quantitative estimate of drug-likeness (QED) is 0.628. The number of benzene rings is 2. The lowest BCUT2D eigenvalue weighted by Gasteiger charge is -2.18. The van der Waals surface area contributed by atoms with Gasteiger partial charge in [0.15, 0.2) is 0 Å². The molecule has 0 amide bonds. The first-order valence-corrected chi connectivity index (χ1v) is 7.10. The average Bonchev–Trinajstić information content (AvgIpc) is 2.78. The van der Waals surface area contributed by atoms with Crippen LogP contribution in [-0.2, 0) is 13.1 Å². The van der Waals surface area contributed by atoms with Gasteiger partial charge in [0.2, 0.25) is 0 Å². The van der Waals surface area contributed by atoms with Crippen LogP contribution >= 0.6 is 22.6 Å². The molecule has 1 aliphatic rings. The number of nitrogen functional groups attached to an aromatic ring is 1. The Labute approximate surface area is 121 Å². The van der Waals surface area contributed by atoms with Gasteiger partial charge in [-0.2, -0.15) is 0 Å². The number of hydrogen-bond acceptors (Lipinski definition) is 2. The Hall–Kier alpha value is -1.23. The number of nitrogens with two attached hydrogens (primary N) is 1. The van der Waals surface area contributed by atoms with Crippen molar-refractivity contribution in [1.82, 2.24) is 0 Å². The van der Waals surface area contributed by atoms with Crippen LogP contribution < -0.4 is 10.6 Å². The molecule has 0 bridgehead atoms. The van der Waals surface area contributed by atoms with Crippen LogP contribution in [-0.4, -0.2) is 0 Å². The lowest BCUT2D eigenvalue weighted by molar-refractivity contribution is 0.880. The molecule has 3 heteroatoms. The van der Waals surface area contributed by atoms with Crippen molar-refractivity contribution in [3.63, 3.8) is 0 Å². The summed E-state index contributed by atoms with van der Waals surface area (Å²) in [5.41, 5.74) is 12.2. The summed E-state index contributed by atoms with van der Waals surface area (Å²) in [5, 5.41) is 0. The Morgan fingerprint density at radius 1 is 1.17 bits per heavy atom. The van der Waals surface area contributed by atoms with Crippen LogP contribution in [0.2, 0.25) is 0 Å². The highest BCUT2D eigenvalue weighted by molar-refractivity contribution is 14.1. The number of halogens is 1. The van der Waals surface area contributed by atoms with Crippen LogP contribution in [0.15, 0.2) is 36.4 Å². The Kier molecular flexibility index (Phi) is 2.93. The fourth-order valence-electron chi connectivity index (χ4n) is 2.41. The Bertz CT molecular complexity index is 607. The zero-order chi connectivity index (χ0) is 12.7. The van der Waals surface area contributed by atoms with E-state index in [4.69, 9.17) is 5.73 Å². The normalized spacial score (nSPS) is 13.8. The zero-order valence-electron chi connectivity index (χ0n) is 10.3. The van der Waals surface area contributed by atoms with Gasteiger partial charge in [0.1, 0.15) is 0 Å². The van der Waals surface area contributed by atoms with Crippen LogP contribution in [0, 0.1) is 10.5 Å². The molecule has 0 aromatic heterocycles. The van der Waals surface area contributed by atoms with Crippen LogP contribution in [0.4, 0.5) is 11.4 Å². The summed E-state index contributed by atoms with van der Waals surface area (Å²) in [6, 6.07) is 12.8. The van der Waals surface area contributed by atoms with E-state index in [0.717, 1.165) is 18.8 Å². The second-order valence-electron chi connectivity index (χ2n) is 4.77. The number of aryl methyl sites for hydroxylation is 1. The van der Waals surface area contributed by atoms with E-state index in [1.54, 1.807) is 0 Å². The fraction of sp³-hybridized carbons (Fsp3) is 0.200. The molecule has 0 saturated carbocycles. The molecule has 0 radical (unpaired) electrons. The van der Waals surface area contributed by atoms with Crippen LogP contribution in [0.3, 0.4) is 0 Å². The summed E-state index contributed by atoms with van der Waals surface area (Å²) >= 11 is 2.39. The van der Waals surface area contributed by atoms with Crippen molar-refractivity contribution in [2.45, 2.75) is 20.0 Å². The third-order valence-electron chi connectivity index (χ3n) is 3.54. The number of rotatable bonds is 1. The number of fused-ring (bicyclic) bond motifs is 1. The summed E-state index contributed by atoms with van der Waals surface area (Å²) in [6.07, 6.45) is 0. The number of hydrogen-bond donors (Lipinski definition) is 1. The highest BCUT2D eigenvalue weighted by atomic mass is 127. The molecule has 2 aromatic rings. The lowest BCUT2D eigenvalue weighted by Crippen LogP contribution is -2.14. The van der Waals surface area contributed by atoms with Crippen LogP contribution in [0.1, 0.15) is 16.7 Å². The predicted molar refractivity (Wildman–Crippen MR) is 84.6 cm³/mol. The minimum Gasteiger partial charge on any atom is -0.398 e. The third-order valence-corrected chi connectivity index (χ3v) is 4.70. The van der Waals surface area contributed by atoms with Gasteiger partial charge < -0.3 is 10.6 Å². The first kappa shape index (κ1) is 11.8. The van der Waals surface area contributed by atoms with Crippen LogP contribution in [0.5, 0.6) is 0 Å². The first-order valence-electron chi connectivity index (χ1n) is 6.02. The lowest BCUT2D eigenvalue weighted by atomic mass is 10.1. The first-order chi connectivity index (χ1) is 8.65. The maximum Gasteiger partial charge on any atom is 0.0457 e. The van der Waals surface area contributed by atoms with Crippen molar-refractivity contribution in [1.29, 1.82) is 0 Å². The maximum absolute atomic E-state index is 6.04. The van der Waals surface area contributed by atoms with Gasteiger partial charge in [-0.05, 0) is 64.4 Å². The van der Waals surface area contributed by atoms with Gasteiger partial charge in [-0.3, -0.25) is 0 Å². The molecule has 2 aromatic carbocycles. The van der Waals surface area contributed by atoms with Crippen molar-refractivity contribution in [3.05, 3.63) is 56.7 Å². The number of nitrogens with zero attached hydrogens (tertiary/aromatic N) is 1. The molecular formula is C15H15IN2. The van der Waals surface area contributed by atoms with Gasteiger partial charge in [0, 0.05) is 28.0 Å².